The van der Waals surface area contributed by atoms with Gasteiger partial charge in [0.1, 0.15) is 23.2 Å². The van der Waals surface area contributed by atoms with Crippen LogP contribution in [0.5, 0.6) is 5.75 Å². The number of unbranched alkanes of at least 4 members (excludes halogenated alkanes) is 2. The summed E-state index contributed by atoms with van der Waals surface area (Å²) in [6, 6.07) is 9.06. The van der Waals surface area contributed by atoms with Crippen molar-refractivity contribution in [1.82, 2.24) is 0 Å². The van der Waals surface area contributed by atoms with Gasteiger partial charge >= 0.3 is 16.3 Å². The van der Waals surface area contributed by atoms with E-state index in [4.69, 9.17) is 0 Å². The van der Waals surface area contributed by atoms with Crippen LogP contribution in [-0.4, -0.2) is 0 Å². The van der Waals surface area contributed by atoms with E-state index in [0.29, 0.717) is 18.1 Å². The number of alkyl halides is 2. The average molecular weight is 741 g/mol. The van der Waals surface area contributed by atoms with Gasteiger partial charge in [-0.05, 0) is 78.5 Å². The molecule has 1 fully saturated rings. The van der Waals surface area contributed by atoms with Crippen molar-refractivity contribution in [2.75, 3.05) is 0 Å². The summed E-state index contributed by atoms with van der Waals surface area (Å²) in [5.74, 6) is -9.79. The highest BCUT2D eigenvalue weighted by Crippen LogP contribution is 3.02. The highest BCUT2D eigenvalue weighted by molar-refractivity contribution is 8.45. The Morgan fingerprint density at radius 3 is 1.70 bits per heavy atom. The predicted octanol–water partition coefficient (Wildman–Crippen LogP) is 14.4. The maximum Gasteiger partial charge on any atom is 0.429 e. The van der Waals surface area contributed by atoms with Crippen LogP contribution in [0.15, 0.2) is 71.6 Å². The van der Waals surface area contributed by atoms with Crippen LogP contribution in [-0.2, 0) is 6.11 Å². The number of hydrogen-bond donors (Lipinski definition) is 0. The van der Waals surface area contributed by atoms with E-state index < -0.39 is 73.8 Å². The summed E-state index contributed by atoms with van der Waals surface area (Å²) in [5.41, 5.74) is -0.919. The van der Waals surface area contributed by atoms with Crippen LogP contribution in [0.3, 0.4) is 0 Å². The molecular weight excluding hydrogens is 708 g/mol. The van der Waals surface area contributed by atoms with Crippen molar-refractivity contribution in [3.8, 4) is 28.0 Å². The van der Waals surface area contributed by atoms with Gasteiger partial charge in [0.05, 0.1) is 5.56 Å². The van der Waals surface area contributed by atoms with Crippen LogP contribution < -0.4 is 4.74 Å². The first-order valence-electron chi connectivity index (χ1n) is 15.9. The zero-order valence-electron chi connectivity index (χ0n) is 26.5. The van der Waals surface area contributed by atoms with Gasteiger partial charge in [0, 0.05) is 23.3 Å². The van der Waals surface area contributed by atoms with E-state index in [1.54, 1.807) is 6.07 Å². The Morgan fingerprint density at radius 1 is 0.640 bits per heavy atom. The van der Waals surface area contributed by atoms with E-state index in [2.05, 4.69) is 11.7 Å². The monoisotopic (exact) mass is 740 g/mol. The van der Waals surface area contributed by atoms with Crippen molar-refractivity contribution in [3.63, 3.8) is 0 Å². The molecule has 50 heavy (non-hydrogen) atoms. The fraction of sp³-hybridized carbons (Fsp3) is 0.333. The van der Waals surface area contributed by atoms with Gasteiger partial charge in [-0.25, -0.2) is 22.0 Å². The second kappa shape index (κ2) is 13.1. The molecule has 1 aliphatic carbocycles. The summed E-state index contributed by atoms with van der Waals surface area (Å²) in [6.07, 6.45) is 4.11. The van der Waals surface area contributed by atoms with Crippen LogP contribution in [0.2, 0.25) is 0 Å². The van der Waals surface area contributed by atoms with Crippen molar-refractivity contribution < 1.29 is 54.9 Å². The Morgan fingerprint density at radius 2 is 1.18 bits per heavy atom. The molecule has 0 aliphatic heterocycles. The molecule has 0 atom stereocenters. The third kappa shape index (κ3) is 8.38. The molecule has 0 unspecified atom stereocenters. The third-order valence-electron chi connectivity index (χ3n) is 9.00. The molecule has 0 N–H and O–H groups in total. The van der Waals surface area contributed by atoms with Gasteiger partial charge < -0.3 is 4.74 Å². The van der Waals surface area contributed by atoms with E-state index in [9.17, 15) is 41.4 Å². The van der Waals surface area contributed by atoms with Gasteiger partial charge in [-0.2, -0.15) is 8.78 Å². The van der Waals surface area contributed by atoms with E-state index in [-0.39, 0.29) is 28.2 Å². The Hall–Kier alpha value is -3.81. The number of benzene rings is 4. The fourth-order valence-corrected chi connectivity index (χ4v) is 7.34. The molecule has 1 nitrogen and oxygen atoms in total. The molecule has 0 bridgehead atoms. The van der Waals surface area contributed by atoms with E-state index in [1.165, 1.54) is 43.9 Å². The van der Waals surface area contributed by atoms with Gasteiger partial charge in [-0.3, -0.25) is 0 Å². The van der Waals surface area contributed by atoms with Crippen molar-refractivity contribution in [2.24, 2.45) is 5.92 Å². The van der Waals surface area contributed by atoms with Crippen LogP contribution in [0.25, 0.3) is 22.3 Å². The Labute approximate surface area is 281 Å². The van der Waals surface area contributed by atoms with E-state index in [1.807, 2.05) is 6.07 Å². The first kappa shape index (κ1) is 37.4. The van der Waals surface area contributed by atoms with Crippen molar-refractivity contribution >= 4 is 10.2 Å². The molecule has 0 heterocycles. The second-order valence-electron chi connectivity index (χ2n) is 12.6. The summed E-state index contributed by atoms with van der Waals surface area (Å²) in [6.45, 7) is 2.17. The molecule has 0 saturated heterocycles. The minimum Gasteiger partial charge on any atom is -0.429 e. The second-order valence-corrected chi connectivity index (χ2v) is 15.0. The minimum absolute atomic E-state index is 0.118. The lowest BCUT2D eigenvalue weighted by molar-refractivity contribution is -0.187. The van der Waals surface area contributed by atoms with Crippen molar-refractivity contribution in [3.05, 3.63) is 107 Å². The van der Waals surface area contributed by atoms with Gasteiger partial charge in [-0.15, -0.1) is 0 Å². The topological polar surface area (TPSA) is 9.23 Å². The van der Waals surface area contributed by atoms with Crippen LogP contribution in [0.4, 0.5) is 50.2 Å². The first-order chi connectivity index (χ1) is 23.2. The third-order valence-corrected chi connectivity index (χ3v) is 10.2. The zero-order chi connectivity index (χ0) is 36.7. The predicted molar refractivity (Wildman–Crippen MR) is 168 cm³/mol. The molecular formula is C36H32F12OS. The average Bonchev–Trinajstić information content (AvgIpc) is 2.99. The summed E-state index contributed by atoms with van der Waals surface area (Å²) in [5, 5.41) is 0. The SMILES string of the molecule is CCCCCC1CCC(c2ccc(-c3ccc(-c4ccc(C(F)(F)Oc5cc(F)c(S(F)(F)(F)(F)F)c(F)c5)c(F)c4)c(F)c3)c(F)c2)CC1. The number of ether oxygens (including phenoxy) is 1. The number of hydrogen-bond acceptors (Lipinski definition) is 1. The highest BCUT2D eigenvalue weighted by Gasteiger charge is 2.69. The standard InChI is InChI=1S/C36H32F12OS/c1-2-3-4-5-21-6-8-22(9-7-21)23-10-13-27(30(37)16-23)24-11-14-28(31(38)17-24)25-12-15-29(32(39)18-25)36(42,43)49-26-19-33(40)35(34(41)20-26)50(44,45,46,47)48/h10-22H,2-9H2,1H3. The molecule has 4 aromatic carbocycles. The van der Waals surface area contributed by atoms with Crippen LogP contribution in [0, 0.1) is 35.0 Å². The smallest absolute Gasteiger partial charge is 0.429 e. The molecule has 5 rings (SSSR count). The lowest BCUT2D eigenvalue weighted by Crippen LogP contribution is -2.24. The quantitative estimate of drug-likeness (QED) is 0.110. The van der Waals surface area contributed by atoms with Gasteiger partial charge in [0.25, 0.3) is 0 Å². The fourth-order valence-electron chi connectivity index (χ4n) is 6.49. The van der Waals surface area contributed by atoms with Crippen LogP contribution in [0.1, 0.15) is 75.3 Å². The summed E-state index contributed by atoms with van der Waals surface area (Å²) in [4.78, 5) is -3.55. The lowest BCUT2D eigenvalue weighted by atomic mass is 9.77. The van der Waals surface area contributed by atoms with Gasteiger partial charge in [-0.1, -0.05) is 82.4 Å². The first-order valence-corrected chi connectivity index (χ1v) is 17.8. The molecule has 1 aliphatic rings. The molecule has 0 amide bonds. The van der Waals surface area contributed by atoms with E-state index >= 15 is 8.78 Å². The van der Waals surface area contributed by atoms with Crippen molar-refractivity contribution in [2.45, 2.75) is 75.2 Å². The maximum atomic E-state index is 15.3. The minimum atomic E-state index is -10.9. The largest absolute Gasteiger partial charge is 0.429 e. The molecule has 4 aromatic rings. The molecule has 0 radical (unpaired) electrons. The zero-order valence-corrected chi connectivity index (χ0v) is 27.3. The molecule has 0 aromatic heterocycles. The Bertz CT molecular complexity index is 1860. The van der Waals surface area contributed by atoms with Crippen LogP contribution >= 0.6 is 10.2 Å². The summed E-state index contributed by atoms with van der Waals surface area (Å²) >= 11 is 0. The highest BCUT2D eigenvalue weighted by atomic mass is 32.5. The summed E-state index contributed by atoms with van der Waals surface area (Å²) < 4.78 is 172. The molecule has 14 heteroatoms. The molecule has 0 spiro atoms. The van der Waals surface area contributed by atoms with E-state index in [0.717, 1.165) is 43.4 Å². The Kier molecular flexibility index (Phi) is 9.78. The van der Waals surface area contributed by atoms with Gasteiger partial charge in [0.2, 0.25) is 0 Å². The van der Waals surface area contributed by atoms with Gasteiger partial charge in [0.15, 0.2) is 16.5 Å². The number of halogens is 12. The normalized spacial score (nSPS) is 18.4. The molecule has 272 valence electrons. The van der Waals surface area contributed by atoms with Crippen molar-refractivity contribution in [1.29, 1.82) is 0 Å². The summed E-state index contributed by atoms with van der Waals surface area (Å²) in [7, 11) is -10.9. The maximum absolute atomic E-state index is 15.3. The lowest BCUT2D eigenvalue weighted by Gasteiger charge is -2.40. The Balaban J connectivity index is 1.31. The molecule has 1 saturated carbocycles. The number of rotatable bonds is 11.